The number of urea groups is 1. The van der Waals surface area contributed by atoms with Crippen molar-refractivity contribution in [2.45, 2.75) is 65.2 Å². The molecule has 0 fully saturated rings. The number of rotatable bonds is 10. The van der Waals surface area contributed by atoms with Gasteiger partial charge in [-0.05, 0) is 83.5 Å². The largest absolute Gasteiger partial charge is 0.456 e. The Balaban J connectivity index is 2.11. The number of carbonyl (C=O) groups excluding carboxylic acids is 4. The van der Waals surface area contributed by atoms with Crippen LogP contribution in [0.15, 0.2) is 48.5 Å². The zero-order chi connectivity index (χ0) is 29.9. The smallest absolute Gasteiger partial charge is 0.408 e. The summed E-state index contributed by atoms with van der Waals surface area (Å²) in [5.41, 5.74) is 0.700. The molecule has 0 unspecified atom stereocenters. The van der Waals surface area contributed by atoms with Gasteiger partial charge in [0.1, 0.15) is 17.2 Å². The van der Waals surface area contributed by atoms with Crippen molar-refractivity contribution in [3.8, 4) is 0 Å². The van der Waals surface area contributed by atoms with Crippen LogP contribution >= 0.6 is 0 Å². The number of esters is 1. The summed E-state index contributed by atoms with van der Waals surface area (Å²) in [6, 6.07) is 11.8. The first-order valence-electron chi connectivity index (χ1n) is 12.9. The SMILES string of the molecule is COCCNC(=O)Nc1ccc(C[C@H](NC(=O)OC(C)(C)C)C(=O)Nc2ccc(C(=O)OC(C)(C)C)cc2)cc1. The van der Waals surface area contributed by atoms with E-state index >= 15 is 0 Å². The van der Waals surface area contributed by atoms with Gasteiger partial charge in [-0.1, -0.05) is 12.1 Å². The average molecular weight is 557 g/mol. The van der Waals surface area contributed by atoms with Gasteiger partial charge in [-0.15, -0.1) is 0 Å². The van der Waals surface area contributed by atoms with Crippen LogP contribution in [0.25, 0.3) is 0 Å². The van der Waals surface area contributed by atoms with Crippen molar-refractivity contribution in [2.24, 2.45) is 0 Å². The second-order valence-corrected chi connectivity index (χ2v) is 11.0. The lowest BCUT2D eigenvalue weighted by atomic mass is 10.0. The van der Waals surface area contributed by atoms with E-state index in [1.165, 1.54) is 0 Å². The van der Waals surface area contributed by atoms with Crippen molar-refractivity contribution in [3.63, 3.8) is 0 Å². The van der Waals surface area contributed by atoms with Gasteiger partial charge in [-0.25, -0.2) is 14.4 Å². The van der Waals surface area contributed by atoms with E-state index in [9.17, 15) is 19.2 Å². The van der Waals surface area contributed by atoms with Crippen LogP contribution in [0, 0.1) is 0 Å². The predicted molar refractivity (Wildman–Crippen MR) is 152 cm³/mol. The van der Waals surface area contributed by atoms with Crippen molar-refractivity contribution < 1.29 is 33.4 Å². The fraction of sp³-hybridized carbons (Fsp3) is 0.448. The molecule has 1 atom stereocenters. The molecule has 0 saturated heterocycles. The van der Waals surface area contributed by atoms with Crippen LogP contribution in [0.4, 0.5) is 21.0 Å². The second kappa shape index (κ2) is 14.3. The van der Waals surface area contributed by atoms with Gasteiger partial charge in [-0.3, -0.25) is 4.79 Å². The number of carbonyl (C=O) groups is 4. The lowest BCUT2D eigenvalue weighted by molar-refractivity contribution is -0.118. The Morgan fingerprint density at radius 2 is 1.32 bits per heavy atom. The summed E-state index contributed by atoms with van der Waals surface area (Å²) < 4.78 is 15.6. The van der Waals surface area contributed by atoms with Crippen LogP contribution in [0.1, 0.15) is 57.5 Å². The van der Waals surface area contributed by atoms with Gasteiger partial charge in [0.25, 0.3) is 0 Å². The van der Waals surface area contributed by atoms with E-state index in [-0.39, 0.29) is 12.5 Å². The summed E-state index contributed by atoms with van der Waals surface area (Å²) in [5.74, 6) is -0.948. The van der Waals surface area contributed by atoms with Gasteiger partial charge in [0, 0.05) is 31.5 Å². The third-order valence-electron chi connectivity index (χ3n) is 5.04. The molecule has 0 spiro atoms. The van der Waals surface area contributed by atoms with Gasteiger partial charge in [0.15, 0.2) is 0 Å². The quantitative estimate of drug-likeness (QED) is 0.249. The Bertz CT molecular complexity index is 1150. The predicted octanol–water partition coefficient (Wildman–Crippen LogP) is 4.48. The minimum atomic E-state index is -0.975. The standard InChI is InChI=1S/C29H40N4O7/c1-28(2,3)39-25(35)20-10-14-21(15-11-20)31-24(34)23(33-27(37)40-29(4,5)6)18-19-8-12-22(13-9-19)32-26(36)30-16-17-38-7/h8-15,23H,16-18H2,1-7H3,(H,31,34)(H,33,37)(H2,30,32,36)/t23-/m0/s1. The van der Waals surface area contributed by atoms with E-state index in [0.29, 0.717) is 30.1 Å². The molecule has 0 radical (unpaired) electrons. The van der Waals surface area contributed by atoms with Gasteiger partial charge in [-0.2, -0.15) is 0 Å². The van der Waals surface area contributed by atoms with Gasteiger partial charge < -0.3 is 35.5 Å². The number of hydrogen-bond donors (Lipinski definition) is 4. The number of hydrogen-bond acceptors (Lipinski definition) is 7. The number of ether oxygens (including phenoxy) is 3. The minimum absolute atomic E-state index is 0.154. The molecule has 2 aromatic rings. The van der Waals surface area contributed by atoms with Crippen molar-refractivity contribution in [3.05, 3.63) is 59.7 Å². The second-order valence-electron chi connectivity index (χ2n) is 11.0. The molecule has 4 amide bonds. The van der Waals surface area contributed by atoms with Crippen molar-refractivity contribution in [1.29, 1.82) is 0 Å². The maximum atomic E-state index is 13.2. The topological polar surface area (TPSA) is 144 Å². The third kappa shape index (κ3) is 12.2. The molecule has 0 aliphatic rings. The molecule has 4 N–H and O–H groups in total. The molecule has 2 aromatic carbocycles. The monoisotopic (exact) mass is 556 g/mol. The minimum Gasteiger partial charge on any atom is -0.456 e. The van der Waals surface area contributed by atoms with E-state index in [4.69, 9.17) is 14.2 Å². The number of methoxy groups -OCH3 is 1. The van der Waals surface area contributed by atoms with Crippen LogP contribution in [-0.2, 0) is 25.4 Å². The van der Waals surface area contributed by atoms with Crippen LogP contribution in [0.3, 0.4) is 0 Å². The van der Waals surface area contributed by atoms with Gasteiger partial charge in [0.2, 0.25) is 5.91 Å². The number of benzene rings is 2. The molecule has 11 nitrogen and oxygen atoms in total. The van der Waals surface area contributed by atoms with E-state index in [1.807, 2.05) is 0 Å². The molecule has 0 saturated carbocycles. The van der Waals surface area contributed by atoms with E-state index in [1.54, 1.807) is 97.2 Å². The maximum Gasteiger partial charge on any atom is 0.408 e. The summed E-state index contributed by atoms with van der Waals surface area (Å²) >= 11 is 0. The Kier molecular flexibility index (Phi) is 11.5. The zero-order valence-electron chi connectivity index (χ0n) is 24.2. The number of anilines is 2. The normalized spacial score (nSPS) is 12.1. The molecular weight excluding hydrogens is 516 g/mol. The highest BCUT2D eigenvalue weighted by Gasteiger charge is 2.25. The highest BCUT2D eigenvalue weighted by molar-refractivity contribution is 5.97. The summed E-state index contributed by atoms with van der Waals surface area (Å²) in [6.07, 6.45) is -0.583. The van der Waals surface area contributed by atoms with Gasteiger partial charge >= 0.3 is 18.1 Å². The molecule has 40 heavy (non-hydrogen) atoms. The Labute approximate surface area is 235 Å². The summed E-state index contributed by atoms with van der Waals surface area (Å²) in [4.78, 5) is 49.9. The Morgan fingerprint density at radius 1 is 0.775 bits per heavy atom. The highest BCUT2D eigenvalue weighted by Crippen LogP contribution is 2.17. The van der Waals surface area contributed by atoms with E-state index < -0.39 is 35.2 Å². The molecule has 0 bridgehead atoms. The molecule has 0 aliphatic heterocycles. The van der Waals surface area contributed by atoms with Crippen LogP contribution in [0.2, 0.25) is 0 Å². The summed E-state index contributed by atoms with van der Waals surface area (Å²) in [6.45, 7) is 11.3. The van der Waals surface area contributed by atoms with Crippen molar-refractivity contribution >= 4 is 35.4 Å². The first-order chi connectivity index (χ1) is 18.6. The summed E-state index contributed by atoms with van der Waals surface area (Å²) in [5, 5.41) is 10.8. The van der Waals surface area contributed by atoms with Crippen LogP contribution < -0.4 is 21.3 Å². The van der Waals surface area contributed by atoms with E-state index in [2.05, 4.69) is 21.3 Å². The number of amides is 4. The molecule has 0 aromatic heterocycles. The fourth-order valence-corrected chi connectivity index (χ4v) is 3.32. The molecule has 0 aliphatic carbocycles. The maximum absolute atomic E-state index is 13.2. The number of alkyl carbamates (subject to hydrolysis) is 1. The van der Waals surface area contributed by atoms with Crippen LogP contribution in [-0.4, -0.2) is 61.5 Å². The molecule has 2 rings (SSSR count). The lowest BCUT2D eigenvalue weighted by Gasteiger charge is -2.23. The van der Waals surface area contributed by atoms with Crippen molar-refractivity contribution in [2.75, 3.05) is 30.9 Å². The lowest BCUT2D eigenvalue weighted by Crippen LogP contribution is -2.47. The third-order valence-corrected chi connectivity index (χ3v) is 5.04. The summed E-state index contributed by atoms with van der Waals surface area (Å²) in [7, 11) is 1.55. The number of nitrogens with one attached hydrogen (secondary N) is 4. The van der Waals surface area contributed by atoms with E-state index in [0.717, 1.165) is 5.56 Å². The first kappa shape index (κ1) is 32.1. The molecule has 0 heterocycles. The first-order valence-corrected chi connectivity index (χ1v) is 12.9. The van der Waals surface area contributed by atoms with Gasteiger partial charge in [0.05, 0.1) is 12.2 Å². The zero-order valence-corrected chi connectivity index (χ0v) is 24.2. The Morgan fingerprint density at radius 3 is 1.88 bits per heavy atom. The average Bonchev–Trinajstić information content (AvgIpc) is 2.83. The van der Waals surface area contributed by atoms with Crippen LogP contribution in [0.5, 0.6) is 0 Å². The molecule has 218 valence electrons. The Hall–Kier alpha value is -4.12. The molecule has 11 heteroatoms. The molecular formula is C29H40N4O7. The highest BCUT2D eigenvalue weighted by atomic mass is 16.6. The fourth-order valence-electron chi connectivity index (χ4n) is 3.32. The van der Waals surface area contributed by atoms with Crippen molar-refractivity contribution in [1.82, 2.24) is 10.6 Å².